The number of carbonyl (C=O) groups is 2. The molecule has 1 fully saturated rings. The van der Waals surface area contributed by atoms with E-state index in [1.54, 1.807) is 35.9 Å². The lowest BCUT2D eigenvalue weighted by molar-refractivity contribution is -0.130. The summed E-state index contributed by atoms with van der Waals surface area (Å²) in [5.41, 5.74) is 11.5. The van der Waals surface area contributed by atoms with Gasteiger partial charge < -0.3 is 21.4 Å². The number of carbonyl (C=O) groups excluding carboxylic acids is 2. The van der Waals surface area contributed by atoms with E-state index in [1.807, 2.05) is 42.5 Å². The molecular weight excluding hydrogens is 558 g/mol. The summed E-state index contributed by atoms with van der Waals surface area (Å²) in [6.07, 6.45) is 3.70. The van der Waals surface area contributed by atoms with Crippen molar-refractivity contribution in [3.63, 3.8) is 0 Å². The molecule has 12 heteroatoms. The third kappa shape index (κ3) is 6.30. The van der Waals surface area contributed by atoms with Gasteiger partial charge in [0.2, 0.25) is 17.6 Å². The number of hydrogen-bond acceptors (Lipinski definition) is 7. The normalized spacial score (nSPS) is 17.3. The zero-order chi connectivity index (χ0) is 30.6. The molecule has 1 atom stereocenters. The Hall–Kier alpha value is -5.10. The molecule has 12 nitrogen and oxygen atoms in total. The van der Waals surface area contributed by atoms with Gasteiger partial charge in [-0.05, 0) is 96.4 Å². The van der Waals surface area contributed by atoms with Crippen molar-refractivity contribution in [2.45, 2.75) is 38.1 Å². The van der Waals surface area contributed by atoms with Crippen molar-refractivity contribution in [3.05, 3.63) is 82.8 Å². The number of anilines is 1. The maximum Gasteiger partial charge on any atom is 0.326 e. The Balaban J connectivity index is 1.19. The molecule has 44 heavy (non-hydrogen) atoms. The minimum Gasteiger partial charge on any atom is -0.344 e. The number of nitrogens with two attached hydrogens (primary N) is 1. The van der Waals surface area contributed by atoms with E-state index in [0.717, 1.165) is 59.0 Å². The smallest absolute Gasteiger partial charge is 0.326 e. The molecule has 0 radical (unpaired) electrons. The van der Waals surface area contributed by atoms with Crippen LogP contribution in [-0.2, 0) is 23.1 Å². The highest BCUT2D eigenvalue weighted by atomic mass is 16.2. The Bertz CT molecular complexity index is 1800. The molecule has 0 aliphatic heterocycles. The number of H-pyrrole nitrogens is 2. The largest absolute Gasteiger partial charge is 0.344 e. The molecule has 0 spiro atoms. The number of fused-ring (bicyclic) bond motifs is 1. The number of rotatable bonds is 9. The zero-order valence-corrected chi connectivity index (χ0v) is 24.4. The third-order valence-electron chi connectivity index (χ3n) is 8.57. The van der Waals surface area contributed by atoms with Gasteiger partial charge in [0, 0.05) is 30.6 Å². The van der Waals surface area contributed by atoms with Gasteiger partial charge in [-0.2, -0.15) is 5.21 Å². The van der Waals surface area contributed by atoms with Crippen LogP contribution >= 0.6 is 0 Å². The number of aromatic amines is 2. The van der Waals surface area contributed by atoms with Crippen molar-refractivity contribution >= 4 is 28.5 Å². The van der Waals surface area contributed by atoms with Gasteiger partial charge in [-0.3, -0.25) is 14.2 Å². The molecule has 1 unspecified atom stereocenters. The molecule has 3 aromatic carbocycles. The van der Waals surface area contributed by atoms with Crippen LogP contribution in [0, 0.1) is 11.8 Å². The lowest BCUT2D eigenvalue weighted by Gasteiger charge is -2.28. The van der Waals surface area contributed by atoms with Gasteiger partial charge in [-0.25, -0.2) is 4.79 Å². The molecule has 5 aromatic rings. The number of aromatic nitrogens is 6. The molecule has 2 aromatic heterocycles. The van der Waals surface area contributed by atoms with Crippen LogP contribution in [0.25, 0.3) is 33.5 Å². The first kappa shape index (κ1) is 29.0. The molecule has 0 bridgehead atoms. The van der Waals surface area contributed by atoms with Gasteiger partial charge in [-0.15, -0.1) is 10.2 Å². The highest BCUT2D eigenvalue weighted by Gasteiger charge is 2.29. The molecule has 2 heterocycles. The van der Waals surface area contributed by atoms with Crippen molar-refractivity contribution in [1.29, 1.82) is 0 Å². The van der Waals surface area contributed by atoms with E-state index < -0.39 is 6.04 Å². The van der Waals surface area contributed by atoms with Crippen molar-refractivity contribution in [2.24, 2.45) is 24.6 Å². The summed E-state index contributed by atoms with van der Waals surface area (Å²) in [6, 6.07) is 20.1. The van der Waals surface area contributed by atoms with Crippen molar-refractivity contribution < 1.29 is 9.59 Å². The first-order chi connectivity index (χ1) is 21.4. The van der Waals surface area contributed by atoms with Crippen molar-refractivity contribution in [3.8, 4) is 22.5 Å². The zero-order valence-electron chi connectivity index (χ0n) is 24.4. The highest BCUT2D eigenvalue weighted by Crippen LogP contribution is 2.29. The molecule has 6 rings (SSSR count). The first-order valence-electron chi connectivity index (χ1n) is 14.8. The predicted molar refractivity (Wildman–Crippen MR) is 167 cm³/mol. The third-order valence-corrected chi connectivity index (χ3v) is 8.57. The first-order valence-corrected chi connectivity index (χ1v) is 14.8. The van der Waals surface area contributed by atoms with Crippen LogP contribution in [0.5, 0.6) is 0 Å². The van der Waals surface area contributed by atoms with Gasteiger partial charge >= 0.3 is 5.69 Å². The van der Waals surface area contributed by atoms with Crippen LogP contribution in [0.4, 0.5) is 5.69 Å². The number of nitrogens with zero attached hydrogens (tertiary/aromatic N) is 4. The second kappa shape index (κ2) is 12.6. The summed E-state index contributed by atoms with van der Waals surface area (Å²) >= 11 is 0. The molecule has 0 saturated heterocycles. The molecule has 1 saturated carbocycles. The Morgan fingerprint density at radius 1 is 0.977 bits per heavy atom. The minimum atomic E-state index is -0.775. The average molecular weight is 594 g/mol. The van der Waals surface area contributed by atoms with Crippen LogP contribution in [0.15, 0.2) is 71.5 Å². The van der Waals surface area contributed by atoms with Gasteiger partial charge in [0.05, 0.1) is 11.0 Å². The minimum absolute atomic E-state index is 0.102. The fourth-order valence-corrected chi connectivity index (χ4v) is 5.85. The predicted octanol–water partition coefficient (Wildman–Crippen LogP) is 3.14. The number of benzene rings is 3. The highest BCUT2D eigenvalue weighted by molar-refractivity contribution is 5.97. The molecular formula is C32H35N9O3. The van der Waals surface area contributed by atoms with Crippen LogP contribution < -0.4 is 22.1 Å². The lowest BCUT2D eigenvalue weighted by atomic mass is 9.81. The average Bonchev–Trinajstić information content (AvgIpc) is 3.69. The van der Waals surface area contributed by atoms with E-state index in [-0.39, 0.29) is 23.4 Å². The number of hydrogen-bond donors (Lipinski definition) is 5. The number of amides is 2. The van der Waals surface area contributed by atoms with Crippen LogP contribution in [-0.4, -0.2) is 54.6 Å². The van der Waals surface area contributed by atoms with E-state index in [4.69, 9.17) is 5.73 Å². The summed E-state index contributed by atoms with van der Waals surface area (Å²) in [5.74, 6) is 0.371. The summed E-state index contributed by atoms with van der Waals surface area (Å²) < 4.78 is 1.58. The SMILES string of the molecule is Cn1c(=O)[nH]c2ccc(-c3ccc(CC(NC(=O)C4CCC(CN)CC4)C(=O)Nc4ccc(-c5nn[nH]n5)cc4)cc3)cc21. The molecule has 1 aliphatic rings. The Kier molecular flexibility index (Phi) is 8.33. The van der Waals surface area contributed by atoms with Gasteiger partial charge in [-0.1, -0.05) is 30.3 Å². The van der Waals surface area contributed by atoms with Crippen LogP contribution in [0.1, 0.15) is 31.2 Å². The fraction of sp³-hybridized carbons (Fsp3) is 0.312. The van der Waals surface area contributed by atoms with Crippen molar-refractivity contribution in [1.82, 2.24) is 35.5 Å². The molecule has 1 aliphatic carbocycles. The van der Waals surface area contributed by atoms with Gasteiger partial charge in [0.15, 0.2) is 0 Å². The number of imidazole rings is 1. The quantitative estimate of drug-likeness (QED) is 0.174. The Labute approximate surface area is 253 Å². The topological polar surface area (TPSA) is 176 Å². The van der Waals surface area contributed by atoms with Crippen LogP contribution in [0.2, 0.25) is 0 Å². The van der Waals surface area contributed by atoms with Crippen LogP contribution in [0.3, 0.4) is 0 Å². The van der Waals surface area contributed by atoms with Crippen molar-refractivity contribution in [2.75, 3.05) is 11.9 Å². The van der Waals surface area contributed by atoms with E-state index in [0.29, 0.717) is 30.4 Å². The summed E-state index contributed by atoms with van der Waals surface area (Å²) in [6.45, 7) is 0.637. The standard InChI is InChI=1S/C32H35N9O3/c1-41-28-17-24(12-15-26(28)36-32(41)44)21-6-2-19(3-7-21)16-27(35-30(42)23-8-4-20(18-33)5-9-23)31(43)34-25-13-10-22(11-14-25)29-37-39-40-38-29/h2-3,6-7,10-15,17,20,23,27H,4-5,8-9,16,18,33H2,1H3,(H,34,43)(H,35,42)(H,36,44)(H,37,38,39,40). The van der Waals surface area contributed by atoms with Gasteiger partial charge in [0.25, 0.3) is 0 Å². The summed E-state index contributed by atoms with van der Waals surface area (Å²) in [7, 11) is 1.74. The lowest BCUT2D eigenvalue weighted by Crippen LogP contribution is -2.48. The maximum absolute atomic E-state index is 13.6. The molecule has 6 N–H and O–H groups in total. The van der Waals surface area contributed by atoms with E-state index in [1.165, 1.54) is 0 Å². The number of nitrogens with one attached hydrogen (secondary N) is 4. The Morgan fingerprint density at radius 3 is 2.36 bits per heavy atom. The van der Waals surface area contributed by atoms with Gasteiger partial charge in [0.1, 0.15) is 6.04 Å². The molecule has 2 amide bonds. The summed E-state index contributed by atoms with van der Waals surface area (Å²) in [5, 5.41) is 20.0. The summed E-state index contributed by atoms with van der Waals surface area (Å²) in [4.78, 5) is 41.8. The van der Waals surface area contributed by atoms with E-state index in [2.05, 4.69) is 36.2 Å². The van der Waals surface area contributed by atoms with E-state index in [9.17, 15) is 14.4 Å². The van der Waals surface area contributed by atoms with E-state index >= 15 is 0 Å². The fourth-order valence-electron chi connectivity index (χ4n) is 5.85. The number of aryl methyl sites for hydroxylation is 1. The number of tetrazole rings is 1. The second-order valence-corrected chi connectivity index (χ2v) is 11.4. The Morgan fingerprint density at radius 2 is 1.68 bits per heavy atom. The molecule has 226 valence electrons. The maximum atomic E-state index is 13.6. The second-order valence-electron chi connectivity index (χ2n) is 11.4. The monoisotopic (exact) mass is 593 g/mol.